The van der Waals surface area contributed by atoms with Crippen LogP contribution >= 0.6 is 0 Å². The van der Waals surface area contributed by atoms with Crippen molar-refractivity contribution >= 4 is 5.91 Å². The molecule has 1 N–H and O–H groups in total. The van der Waals surface area contributed by atoms with Gasteiger partial charge in [-0.25, -0.2) is 0 Å². The van der Waals surface area contributed by atoms with Crippen molar-refractivity contribution in [2.24, 2.45) is 0 Å². The summed E-state index contributed by atoms with van der Waals surface area (Å²) in [6, 6.07) is 17.6. The summed E-state index contributed by atoms with van der Waals surface area (Å²) in [7, 11) is 0. The van der Waals surface area contributed by atoms with E-state index in [1.807, 2.05) is 43.3 Å². The Morgan fingerprint density at radius 3 is 2.64 bits per heavy atom. The normalized spacial score (nSPS) is 22.2. The lowest BCUT2D eigenvalue weighted by Gasteiger charge is -2.52. The van der Waals surface area contributed by atoms with Crippen molar-refractivity contribution in [3.63, 3.8) is 0 Å². The van der Waals surface area contributed by atoms with Crippen molar-refractivity contribution in [2.45, 2.75) is 38.3 Å². The Morgan fingerprint density at radius 2 is 2.00 bits per heavy atom. The van der Waals surface area contributed by atoms with Gasteiger partial charge in [0.2, 0.25) is 5.91 Å². The third-order valence-corrected chi connectivity index (χ3v) is 4.97. The minimum atomic E-state index is -0.532. The molecule has 4 heteroatoms. The lowest BCUT2D eigenvalue weighted by atomic mass is 9.73. The van der Waals surface area contributed by atoms with Crippen LogP contribution in [0.15, 0.2) is 48.5 Å². The van der Waals surface area contributed by atoms with Crippen molar-refractivity contribution < 1.29 is 9.90 Å². The number of likely N-dealkylation sites (tertiary alicyclic amines) is 1. The second-order valence-corrected chi connectivity index (χ2v) is 6.46. The third-order valence-electron chi connectivity index (χ3n) is 4.97. The first kappa shape index (κ1) is 17.2. The molecule has 3 rings (SSSR count). The molecule has 0 aromatic heterocycles. The predicted octanol–water partition coefficient (Wildman–Crippen LogP) is 3.25. The van der Waals surface area contributed by atoms with Gasteiger partial charge < -0.3 is 10.0 Å². The molecule has 0 radical (unpaired) electrons. The van der Waals surface area contributed by atoms with Crippen LogP contribution in [-0.2, 0) is 4.79 Å². The number of carbonyl (C=O) groups excluding carboxylic acids is 1. The number of benzene rings is 2. The Labute approximate surface area is 148 Å². The molecule has 0 unspecified atom stereocenters. The van der Waals surface area contributed by atoms with E-state index < -0.39 is 6.04 Å². The quantitative estimate of drug-likeness (QED) is 0.933. The molecule has 0 spiro atoms. The second-order valence-electron chi connectivity index (χ2n) is 6.46. The number of aryl methyl sites for hydroxylation is 1. The van der Waals surface area contributed by atoms with E-state index in [2.05, 4.69) is 18.2 Å². The van der Waals surface area contributed by atoms with Gasteiger partial charge in [-0.3, -0.25) is 4.79 Å². The number of aliphatic hydroxyl groups is 1. The fourth-order valence-electron chi connectivity index (χ4n) is 3.77. The highest BCUT2D eigenvalue weighted by Gasteiger charge is 2.51. The number of amides is 1. The molecule has 2 aromatic rings. The van der Waals surface area contributed by atoms with Crippen LogP contribution in [0.5, 0.6) is 0 Å². The van der Waals surface area contributed by atoms with Crippen LogP contribution < -0.4 is 0 Å². The molecular formula is C21H22N2O2. The largest absolute Gasteiger partial charge is 0.394 e. The Balaban J connectivity index is 2.05. The van der Waals surface area contributed by atoms with Gasteiger partial charge in [0, 0.05) is 12.3 Å². The molecule has 1 saturated heterocycles. The van der Waals surface area contributed by atoms with Gasteiger partial charge in [0.1, 0.15) is 6.04 Å². The van der Waals surface area contributed by atoms with Crippen LogP contribution in [0.3, 0.4) is 0 Å². The number of nitriles is 1. The molecule has 1 aliphatic rings. The first-order chi connectivity index (χ1) is 12.1. The summed E-state index contributed by atoms with van der Waals surface area (Å²) in [5, 5.41) is 19.5. The fourth-order valence-corrected chi connectivity index (χ4v) is 3.77. The molecule has 1 heterocycles. The van der Waals surface area contributed by atoms with E-state index in [1.165, 1.54) is 10.5 Å². The predicted molar refractivity (Wildman–Crippen MR) is 96.8 cm³/mol. The maximum atomic E-state index is 12.2. The van der Waals surface area contributed by atoms with Gasteiger partial charge in [0.25, 0.3) is 0 Å². The minimum Gasteiger partial charge on any atom is -0.394 e. The smallest absolute Gasteiger partial charge is 0.223 e. The van der Waals surface area contributed by atoms with E-state index in [-0.39, 0.29) is 24.5 Å². The van der Waals surface area contributed by atoms with Gasteiger partial charge in [-0.2, -0.15) is 5.26 Å². The van der Waals surface area contributed by atoms with E-state index in [0.29, 0.717) is 6.42 Å². The molecule has 0 saturated carbocycles. The molecular weight excluding hydrogens is 312 g/mol. The first-order valence-corrected chi connectivity index (χ1v) is 8.60. The van der Waals surface area contributed by atoms with E-state index in [0.717, 1.165) is 16.7 Å². The monoisotopic (exact) mass is 334 g/mol. The Bertz CT molecular complexity index is 825. The lowest BCUT2D eigenvalue weighted by molar-refractivity contribution is -0.146. The van der Waals surface area contributed by atoms with Crippen LogP contribution in [0.1, 0.15) is 30.4 Å². The summed E-state index contributed by atoms with van der Waals surface area (Å²) in [6.45, 7) is 3.68. The highest BCUT2D eigenvalue weighted by Crippen LogP contribution is 2.44. The maximum Gasteiger partial charge on any atom is 0.223 e. The summed E-state index contributed by atoms with van der Waals surface area (Å²) in [5.74, 6) is -0.267. The van der Waals surface area contributed by atoms with Crippen LogP contribution in [-0.4, -0.2) is 34.6 Å². The zero-order valence-corrected chi connectivity index (χ0v) is 14.5. The third kappa shape index (κ3) is 2.92. The zero-order chi connectivity index (χ0) is 18.0. The molecule has 2 aromatic carbocycles. The van der Waals surface area contributed by atoms with Crippen LogP contribution in [0.25, 0.3) is 11.1 Å². The molecule has 4 nitrogen and oxygen atoms in total. The lowest BCUT2D eigenvalue weighted by Crippen LogP contribution is -2.65. The summed E-state index contributed by atoms with van der Waals surface area (Å²) in [5.41, 5.74) is 4.32. The topological polar surface area (TPSA) is 64.3 Å². The molecule has 128 valence electrons. The Kier molecular flexibility index (Phi) is 4.87. The van der Waals surface area contributed by atoms with Crippen LogP contribution in [0, 0.1) is 18.3 Å². The van der Waals surface area contributed by atoms with Gasteiger partial charge in [-0.1, -0.05) is 61.0 Å². The molecule has 1 amide bonds. The summed E-state index contributed by atoms with van der Waals surface area (Å²) in [6.07, 6.45) is 0.334. The van der Waals surface area contributed by atoms with Gasteiger partial charge in [0.05, 0.1) is 18.7 Å². The number of carbonyl (C=O) groups is 1. The van der Waals surface area contributed by atoms with E-state index in [9.17, 15) is 15.2 Å². The second kappa shape index (κ2) is 7.08. The van der Waals surface area contributed by atoms with Crippen molar-refractivity contribution in [2.75, 3.05) is 6.61 Å². The Hall–Kier alpha value is -2.64. The number of rotatable bonds is 4. The molecule has 25 heavy (non-hydrogen) atoms. The fraction of sp³-hybridized carbons (Fsp3) is 0.333. The van der Waals surface area contributed by atoms with Gasteiger partial charge in [-0.15, -0.1) is 0 Å². The summed E-state index contributed by atoms with van der Waals surface area (Å²) >= 11 is 0. The SMILES string of the molecule is CCC(=O)N1[C@H](CO)[C@@H](c2ccccc2-c2cccc(C)c2)[C@@H]1C#N. The molecule has 0 bridgehead atoms. The van der Waals surface area contributed by atoms with Crippen LogP contribution in [0.4, 0.5) is 0 Å². The van der Waals surface area contributed by atoms with Gasteiger partial charge >= 0.3 is 0 Å². The minimum absolute atomic E-state index is 0.0881. The van der Waals surface area contributed by atoms with E-state index >= 15 is 0 Å². The maximum absolute atomic E-state index is 12.2. The molecule has 0 aliphatic carbocycles. The van der Waals surface area contributed by atoms with Crippen LogP contribution in [0.2, 0.25) is 0 Å². The summed E-state index contributed by atoms with van der Waals surface area (Å²) in [4.78, 5) is 13.7. The number of hydrogen-bond donors (Lipinski definition) is 1. The van der Waals surface area contributed by atoms with Crippen molar-refractivity contribution in [1.82, 2.24) is 4.90 Å². The van der Waals surface area contributed by atoms with Gasteiger partial charge in [-0.05, 0) is 23.6 Å². The number of aliphatic hydroxyl groups excluding tert-OH is 1. The van der Waals surface area contributed by atoms with Crippen molar-refractivity contribution in [1.29, 1.82) is 5.26 Å². The molecule has 1 fully saturated rings. The summed E-state index contributed by atoms with van der Waals surface area (Å²) < 4.78 is 0. The Morgan fingerprint density at radius 1 is 1.24 bits per heavy atom. The average Bonchev–Trinajstić information content (AvgIpc) is 2.62. The molecule has 1 aliphatic heterocycles. The highest BCUT2D eigenvalue weighted by atomic mass is 16.3. The first-order valence-electron chi connectivity index (χ1n) is 8.60. The zero-order valence-electron chi connectivity index (χ0n) is 14.5. The van der Waals surface area contributed by atoms with Crippen molar-refractivity contribution in [3.8, 4) is 17.2 Å². The molecule has 3 atom stereocenters. The highest BCUT2D eigenvalue weighted by molar-refractivity contribution is 5.80. The standard InChI is InChI=1S/C21H22N2O2/c1-3-20(25)23-18(12-22)21(19(23)13-24)17-10-5-4-9-16(17)15-8-6-7-14(2)11-15/h4-11,18-19,21,24H,3,13H2,1-2H3/t18-,19+,21-/m0/s1. The van der Waals surface area contributed by atoms with Crippen molar-refractivity contribution in [3.05, 3.63) is 59.7 Å². The van der Waals surface area contributed by atoms with E-state index in [1.54, 1.807) is 6.92 Å². The number of hydrogen-bond acceptors (Lipinski definition) is 3. The number of nitrogens with zero attached hydrogens (tertiary/aromatic N) is 2. The van der Waals surface area contributed by atoms with E-state index in [4.69, 9.17) is 0 Å². The van der Waals surface area contributed by atoms with Gasteiger partial charge in [0.15, 0.2) is 0 Å². The average molecular weight is 334 g/mol.